The molecule has 5 heteroatoms. The first-order chi connectivity index (χ1) is 11.8. The van der Waals surface area contributed by atoms with Crippen molar-refractivity contribution < 1.29 is 14.3 Å². The molecule has 2 aromatic carbocycles. The third-order valence-electron chi connectivity index (χ3n) is 4.09. The molecule has 0 spiro atoms. The third kappa shape index (κ3) is 4.44. The number of anilines is 2. The van der Waals surface area contributed by atoms with E-state index in [-0.39, 0.29) is 5.91 Å². The van der Waals surface area contributed by atoms with Crippen LogP contribution >= 0.6 is 0 Å². The number of aryl methyl sites for hydroxylation is 3. The summed E-state index contributed by atoms with van der Waals surface area (Å²) in [6, 6.07) is 9.20. The molecule has 25 heavy (non-hydrogen) atoms. The molecule has 0 bridgehead atoms. The van der Waals surface area contributed by atoms with Crippen molar-refractivity contribution in [1.29, 1.82) is 0 Å². The molecule has 0 aliphatic rings. The normalized spacial score (nSPS) is 11.6. The van der Waals surface area contributed by atoms with Crippen LogP contribution in [0.5, 0.6) is 11.5 Å². The number of benzene rings is 2. The highest BCUT2D eigenvalue weighted by atomic mass is 16.5. The van der Waals surface area contributed by atoms with E-state index in [4.69, 9.17) is 9.47 Å². The first-order valence-corrected chi connectivity index (χ1v) is 8.23. The molecule has 0 saturated heterocycles. The van der Waals surface area contributed by atoms with Gasteiger partial charge in [-0.2, -0.15) is 0 Å². The Morgan fingerprint density at radius 1 is 0.960 bits per heavy atom. The van der Waals surface area contributed by atoms with E-state index in [1.54, 1.807) is 20.3 Å². The molecule has 0 heterocycles. The van der Waals surface area contributed by atoms with Gasteiger partial charge >= 0.3 is 0 Å². The van der Waals surface area contributed by atoms with Gasteiger partial charge in [-0.05, 0) is 51.0 Å². The summed E-state index contributed by atoms with van der Waals surface area (Å²) in [5.74, 6) is 1.17. The summed E-state index contributed by atoms with van der Waals surface area (Å²) in [7, 11) is 3.17. The zero-order valence-corrected chi connectivity index (χ0v) is 15.7. The molecule has 0 aliphatic carbocycles. The highest BCUT2D eigenvalue weighted by Crippen LogP contribution is 2.30. The topological polar surface area (TPSA) is 59.6 Å². The minimum absolute atomic E-state index is 0.0927. The van der Waals surface area contributed by atoms with Crippen LogP contribution < -0.4 is 20.1 Å². The highest BCUT2D eigenvalue weighted by Gasteiger charge is 2.16. The maximum absolute atomic E-state index is 12.6. The Labute approximate surface area is 149 Å². The van der Waals surface area contributed by atoms with E-state index < -0.39 is 6.04 Å². The van der Waals surface area contributed by atoms with Crippen LogP contribution in [-0.4, -0.2) is 26.2 Å². The molecule has 0 radical (unpaired) electrons. The maximum atomic E-state index is 12.6. The molecule has 2 aromatic rings. The summed E-state index contributed by atoms with van der Waals surface area (Å²) in [6.07, 6.45) is 0. The summed E-state index contributed by atoms with van der Waals surface area (Å²) in [5, 5.41) is 6.21. The number of carbonyl (C=O) groups is 1. The predicted molar refractivity (Wildman–Crippen MR) is 102 cm³/mol. The van der Waals surface area contributed by atoms with Gasteiger partial charge < -0.3 is 20.1 Å². The number of methoxy groups -OCH3 is 2. The third-order valence-corrected chi connectivity index (χ3v) is 4.09. The van der Waals surface area contributed by atoms with Crippen molar-refractivity contribution in [3.05, 3.63) is 47.0 Å². The molecule has 1 atom stereocenters. The van der Waals surface area contributed by atoms with Gasteiger partial charge in [-0.3, -0.25) is 4.79 Å². The fraction of sp³-hybridized carbons (Fsp3) is 0.350. The Hall–Kier alpha value is -2.69. The van der Waals surface area contributed by atoms with Gasteiger partial charge in [0.2, 0.25) is 5.91 Å². The SMILES string of the molecule is COc1ccc(N[C@@H](C)C(=O)Nc2c(C)cc(C)cc2C)cc1OC. The van der Waals surface area contributed by atoms with Gasteiger partial charge in [0, 0.05) is 17.4 Å². The molecule has 0 aromatic heterocycles. The van der Waals surface area contributed by atoms with Crippen LogP contribution in [0.15, 0.2) is 30.3 Å². The van der Waals surface area contributed by atoms with Crippen molar-refractivity contribution in [3.8, 4) is 11.5 Å². The Morgan fingerprint density at radius 2 is 1.56 bits per heavy atom. The van der Waals surface area contributed by atoms with Crippen molar-refractivity contribution in [2.24, 2.45) is 0 Å². The standard InChI is InChI=1S/C20H26N2O3/c1-12-9-13(2)19(14(3)10-12)22-20(23)15(4)21-16-7-8-17(24-5)18(11-16)25-6/h7-11,15,21H,1-6H3,(H,22,23)/t15-/m0/s1. The molecule has 2 rings (SSSR count). The van der Waals surface area contributed by atoms with Crippen molar-refractivity contribution in [3.63, 3.8) is 0 Å². The molecule has 1 amide bonds. The Kier molecular flexibility index (Phi) is 5.91. The smallest absolute Gasteiger partial charge is 0.246 e. The number of carbonyl (C=O) groups excluding carboxylic acids is 1. The van der Waals surface area contributed by atoms with E-state index in [1.165, 1.54) is 5.56 Å². The van der Waals surface area contributed by atoms with Crippen LogP contribution in [0.3, 0.4) is 0 Å². The first kappa shape index (κ1) is 18.6. The van der Waals surface area contributed by atoms with E-state index >= 15 is 0 Å². The van der Waals surface area contributed by atoms with Crippen molar-refractivity contribution in [1.82, 2.24) is 0 Å². The second-order valence-electron chi connectivity index (χ2n) is 6.20. The summed E-state index contributed by atoms with van der Waals surface area (Å²) >= 11 is 0. The Morgan fingerprint density at radius 3 is 2.12 bits per heavy atom. The number of nitrogens with one attached hydrogen (secondary N) is 2. The summed E-state index contributed by atoms with van der Waals surface area (Å²) in [5.41, 5.74) is 4.96. The quantitative estimate of drug-likeness (QED) is 0.831. The van der Waals surface area contributed by atoms with Gasteiger partial charge in [-0.25, -0.2) is 0 Å². The fourth-order valence-corrected chi connectivity index (χ4v) is 2.85. The molecule has 2 N–H and O–H groups in total. The largest absolute Gasteiger partial charge is 0.493 e. The molecule has 134 valence electrons. The van der Waals surface area contributed by atoms with E-state index in [2.05, 4.69) is 22.8 Å². The van der Waals surface area contributed by atoms with E-state index in [0.29, 0.717) is 11.5 Å². The van der Waals surface area contributed by atoms with Gasteiger partial charge in [0.1, 0.15) is 6.04 Å². The van der Waals surface area contributed by atoms with Crippen LogP contribution in [0, 0.1) is 20.8 Å². The second kappa shape index (κ2) is 7.92. The molecule has 0 aliphatic heterocycles. The molecule has 0 saturated carbocycles. The van der Waals surface area contributed by atoms with Crippen LogP contribution in [0.2, 0.25) is 0 Å². The lowest BCUT2D eigenvalue weighted by atomic mass is 10.0. The first-order valence-electron chi connectivity index (χ1n) is 8.23. The zero-order valence-electron chi connectivity index (χ0n) is 15.7. The monoisotopic (exact) mass is 342 g/mol. The van der Waals surface area contributed by atoms with Crippen LogP contribution in [0.4, 0.5) is 11.4 Å². The molecular formula is C20H26N2O3. The Balaban J connectivity index is 2.11. The van der Waals surface area contributed by atoms with Crippen molar-refractivity contribution in [2.45, 2.75) is 33.7 Å². The van der Waals surface area contributed by atoms with Gasteiger partial charge in [0.25, 0.3) is 0 Å². The Bertz CT molecular complexity index is 749. The van der Waals surface area contributed by atoms with E-state index in [9.17, 15) is 4.79 Å². The number of ether oxygens (including phenoxy) is 2. The fourth-order valence-electron chi connectivity index (χ4n) is 2.85. The zero-order chi connectivity index (χ0) is 18.6. The number of amides is 1. The lowest BCUT2D eigenvalue weighted by molar-refractivity contribution is -0.116. The molecular weight excluding hydrogens is 316 g/mol. The molecule has 5 nitrogen and oxygen atoms in total. The second-order valence-corrected chi connectivity index (χ2v) is 6.20. The predicted octanol–water partition coefficient (Wildman–Crippen LogP) is 4.07. The summed E-state index contributed by atoms with van der Waals surface area (Å²) < 4.78 is 10.5. The minimum atomic E-state index is -0.404. The summed E-state index contributed by atoms with van der Waals surface area (Å²) in [4.78, 5) is 12.6. The van der Waals surface area contributed by atoms with Crippen molar-refractivity contribution in [2.75, 3.05) is 24.9 Å². The summed E-state index contributed by atoms with van der Waals surface area (Å²) in [6.45, 7) is 7.88. The van der Waals surface area contributed by atoms with Gasteiger partial charge in [0.15, 0.2) is 11.5 Å². The molecule has 0 unspecified atom stereocenters. The number of hydrogen-bond acceptors (Lipinski definition) is 4. The van der Waals surface area contributed by atoms with Gasteiger partial charge in [-0.15, -0.1) is 0 Å². The maximum Gasteiger partial charge on any atom is 0.246 e. The lowest BCUT2D eigenvalue weighted by Gasteiger charge is -2.19. The number of hydrogen-bond donors (Lipinski definition) is 2. The van der Waals surface area contributed by atoms with Crippen LogP contribution in [-0.2, 0) is 4.79 Å². The van der Waals surface area contributed by atoms with Crippen molar-refractivity contribution >= 4 is 17.3 Å². The number of rotatable bonds is 6. The van der Waals surface area contributed by atoms with E-state index in [0.717, 1.165) is 22.5 Å². The van der Waals surface area contributed by atoms with Gasteiger partial charge in [0.05, 0.1) is 14.2 Å². The van der Waals surface area contributed by atoms with Crippen LogP contribution in [0.25, 0.3) is 0 Å². The van der Waals surface area contributed by atoms with E-state index in [1.807, 2.05) is 39.8 Å². The lowest BCUT2D eigenvalue weighted by Crippen LogP contribution is -2.32. The highest BCUT2D eigenvalue weighted by molar-refractivity contribution is 5.97. The minimum Gasteiger partial charge on any atom is -0.493 e. The van der Waals surface area contributed by atoms with Gasteiger partial charge in [-0.1, -0.05) is 17.7 Å². The molecule has 0 fully saturated rings. The average molecular weight is 342 g/mol. The van der Waals surface area contributed by atoms with Crippen LogP contribution in [0.1, 0.15) is 23.6 Å². The average Bonchev–Trinajstić information content (AvgIpc) is 2.57.